The van der Waals surface area contributed by atoms with Crippen molar-refractivity contribution in [3.05, 3.63) is 51.7 Å². The van der Waals surface area contributed by atoms with Crippen molar-refractivity contribution in [2.45, 2.75) is 25.3 Å². The highest BCUT2D eigenvalue weighted by Crippen LogP contribution is 2.34. The summed E-state index contributed by atoms with van der Waals surface area (Å²) in [7, 11) is 0. The van der Waals surface area contributed by atoms with Crippen molar-refractivity contribution in [3.8, 4) is 0 Å². The van der Waals surface area contributed by atoms with Gasteiger partial charge in [-0.05, 0) is 53.6 Å². The molecule has 0 bridgehead atoms. The van der Waals surface area contributed by atoms with Gasteiger partial charge in [-0.3, -0.25) is 0 Å². The summed E-state index contributed by atoms with van der Waals surface area (Å²) in [6.07, 6.45) is 2.67. The van der Waals surface area contributed by atoms with Crippen molar-refractivity contribution in [1.82, 2.24) is 9.97 Å². The lowest BCUT2D eigenvalue weighted by Gasteiger charge is -2.22. The van der Waals surface area contributed by atoms with Gasteiger partial charge in [-0.2, -0.15) is 0 Å². The Morgan fingerprint density at radius 2 is 2.00 bits per heavy atom. The molecular formula is C15H15FIN3. The Hall–Kier alpha value is -1.24. The second-order valence-corrected chi connectivity index (χ2v) is 6.29. The van der Waals surface area contributed by atoms with Crippen LogP contribution in [0.2, 0.25) is 0 Å². The predicted octanol–water partition coefficient (Wildman–Crippen LogP) is 3.60. The van der Waals surface area contributed by atoms with E-state index in [-0.39, 0.29) is 5.82 Å². The Labute approximate surface area is 131 Å². The van der Waals surface area contributed by atoms with Crippen molar-refractivity contribution in [1.29, 1.82) is 0 Å². The number of rotatable bonds is 2. The van der Waals surface area contributed by atoms with Crippen LogP contribution in [-0.2, 0) is 0 Å². The largest absolute Gasteiger partial charge is 0.353 e. The summed E-state index contributed by atoms with van der Waals surface area (Å²) in [4.78, 5) is 10.8. The lowest BCUT2D eigenvalue weighted by molar-refractivity contribution is 0.625. The molecule has 3 rings (SSSR count). The van der Waals surface area contributed by atoms with Gasteiger partial charge in [0.2, 0.25) is 0 Å². The molecule has 0 aliphatic carbocycles. The Kier molecular flexibility index (Phi) is 3.87. The first-order chi connectivity index (χ1) is 9.63. The maximum atomic E-state index is 13.0. The van der Waals surface area contributed by atoms with Crippen LogP contribution in [0.3, 0.4) is 0 Å². The molecule has 2 aromatic rings. The van der Waals surface area contributed by atoms with Crippen molar-refractivity contribution in [2.75, 3.05) is 11.4 Å². The van der Waals surface area contributed by atoms with E-state index < -0.39 is 0 Å². The standard InChI is InChI=1S/C15H15FIN3/c1-10-6-12(11-2-4-13(16)5-3-11)8-20(10)15-7-14(17)18-9-19-15/h2-5,7,9-10,12H,6,8H2,1H3. The SMILES string of the molecule is CC1CC(c2ccc(F)cc2)CN1c1cc(I)ncn1. The van der Waals surface area contributed by atoms with Crippen LogP contribution in [0, 0.1) is 9.52 Å². The molecule has 1 aromatic carbocycles. The van der Waals surface area contributed by atoms with E-state index in [1.54, 1.807) is 6.33 Å². The minimum atomic E-state index is -0.179. The number of aromatic nitrogens is 2. The molecule has 2 unspecified atom stereocenters. The van der Waals surface area contributed by atoms with Crippen LogP contribution in [-0.4, -0.2) is 22.6 Å². The summed E-state index contributed by atoms with van der Waals surface area (Å²) >= 11 is 2.20. The van der Waals surface area contributed by atoms with Gasteiger partial charge in [0.05, 0.1) is 0 Å². The van der Waals surface area contributed by atoms with E-state index in [0.717, 1.165) is 22.5 Å². The first kappa shape index (κ1) is 13.7. The van der Waals surface area contributed by atoms with Crippen LogP contribution in [0.4, 0.5) is 10.2 Å². The molecule has 1 aromatic heterocycles. The third-order valence-electron chi connectivity index (χ3n) is 3.83. The molecule has 20 heavy (non-hydrogen) atoms. The molecule has 5 heteroatoms. The fourth-order valence-corrected chi connectivity index (χ4v) is 3.21. The van der Waals surface area contributed by atoms with Crippen molar-refractivity contribution in [3.63, 3.8) is 0 Å². The summed E-state index contributed by atoms with van der Waals surface area (Å²) in [6, 6.07) is 9.28. The zero-order valence-electron chi connectivity index (χ0n) is 11.1. The highest BCUT2D eigenvalue weighted by Gasteiger charge is 2.30. The van der Waals surface area contributed by atoms with Gasteiger partial charge >= 0.3 is 0 Å². The van der Waals surface area contributed by atoms with Gasteiger partial charge in [0.15, 0.2) is 0 Å². The molecule has 1 fully saturated rings. The molecule has 1 aliphatic rings. The van der Waals surface area contributed by atoms with E-state index in [2.05, 4.69) is 44.4 Å². The second kappa shape index (κ2) is 5.63. The van der Waals surface area contributed by atoms with Crippen LogP contribution < -0.4 is 4.90 Å². The summed E-state index contributed by atoms with van der Waals surface area (Å²) in [5, 5.41) is 0. The van der Waals surface area contributed by atoms with Crippen LogP contribution >= 0.6 is 22.6 Å². The van der Waals surface area contributed by atoms with E-state index in [1.807, 2.05) is 18.2 Å². The number of hydrogen-bond donors (Lipinski definition) is 0. The number of anilines is 1. The number of nitrogens with zero attached hydrogens (tertiary/aromatic N) is 3. The van der Waals surface area contributed by atoms with Crippen LogP contribution in [0.25, 0.3) is 0 Å². The zero-order valence-corrected chi connectivity index (χ0v) is 13.3. The van der Waals surface area contributed by atoms with Gasteiger partial charge in [0, 0.05) is 24.6 Å². The number of benzene rings is 1. The van der Waals surface area contributed by atoms with Crippen LogP contribution in [0.1, 0.15) is 24.8 Å². The van der Waals surface area contributed by atoms with Gasteiger partial charge < -0.3 is 4.90 Å². The van der Waals surface area contributed by atoms with Gasteiger partial charge in [-0.1, -0.05) is 12.1 Å². The van der Waals surface area contributed by atoms with E-state index in [4.69, 9.17) is 0 Å². The van der Waals surface area contributed by atoms with Crippen LogP contribution in [0.5, 0.6) is 0 Å². The molecule has 3 nitrogen and oxygen atoms in total. The Morgan fingerprint density at radius 3 is 2.70 bits per heavy atom. The molecule has 0 amide bonds. The highest BCUT2D eigenvalue weighted by molar-refractivity contribution is 14.1. The van der Waals surface area contributed by atoms with Gasteiger partial charge in [-0.15, -0.1) is 0 Å². The lowest BCUT2D eigenvalue weighted by atomic mass is 9.97. The normalized spacial score (nSPS) is 22.2. The molecule has 0 N–H and O–H groups in total. The molecule has 0 spiro atoms. The Balaban J connectivity index is 1.81. The minimum Gasteiger partial charge on any atom is -0.353 e. The van der Waals surface area contributed by atoms with E-state index in [9.17, 15) is 4.39 Å². The summed E-state index contributed by atoms with van der Waals surface area (Å²) in [5.74, 6) is 1.22. The molecule has 1 aliphatic heterocycles. The zero-order chi connectivity index (χ0) is 14.1. The highest BCUT2D eigenvalue weighted by atomic mass is 127. The van der Waals surface area contributed by atoms with Crippen molar-refractivity contribution >= 4 is 28.4 Å². The lowest BCUT2D eigenvalue weighted by Crippen LogP contribution is -2.27. The average Bonchev–Trinajstić information content (AvgIpc) is 2.82. The summed E-state index contributed by atoms with van der Waals surface area (Å²) in [5.41, 5.74) is 1.20. The quantitative estimate of drug-likeness (QED) is 0.586. The first-order valence-corrected chi connectivity index (χ1v) is 7.71. The molecular weight excluding hydrogens is 368 g/mol. The molecule has 2 atom stereocenters. The maximum absolute atomic E-state index is 13.0. The molecule has 0 radical (unpaired) electrons. The minimum absolute atomic E-state index is 0.179. The van der Waals surface area contributed by atoms with Crippen molar-refractivity contribution in [2.24, 2.45) is 0 Å². The van der Waals surface area contributed by atoms with E-state index in [1.165, 1.54) is 17.7 Å². The van der Waals surface area contributed by atoms with E-state index in [0.29, 0.717) is 12.0 Å². The van der Waals surface area contributed by atoms with Gasteiger partial charge in [0.1, 0.15) is 21.7 Å². The Bertz CT molecular complexity index is 602. The second-order valence-electron chi connectivity index (χ2n) is 5.18. The fourth-order valence-electron chi connectivity index (χ4n) is 2.81. The van der Waals surface area contributed by atoms with Crippen molar-refractivity contribution < 1.29 is 4.39 Å². The molecule has 0 saturated carbocycles. The molecule has 104 valence electrons. The molecule has 2 heterocycles. The predicted molar refractivity (Wildman–Crippen MR) is 85.3 cm³/mol. The molecule has 1 saturated heterocycles. The Morgan fingerprint density at radius 1 is 1.25 bits per heavy atom. The van der Waals surface area contributed by atoms with Crippen LogP contribution in [0.15, 0.2) is 36.7 Å². The monoisotopic (exact) mass is 383 g/mol. The first-order valence-electron chi connectivity index (χ1n) is 6.63. The topological polar surface area (TPSA) is 29.0 Å². The smallest absolute Gasteiger partial charge is 0.133 e. The fraction of sp³-hybridized carbons (Fsp3) is 0.333. The summed E-state index contributed by atoms with van der Waals surface area (Å²) in [6.45, 7) is 3.12. The third kappa shape index (κ3) is 2.77. The maximum Gasteiger partial charge on any atom is 0.133 e. The van der Waals surface area contributed by atoms with E-state index >= 15 is 0 Å². The average molecular weight is 383 g/mol. The summed E-state index contributed by atoms with van der Waals surface area (Å²) < 4.78 is 14.0. The third-order valence-corrected chi connectivity index (χ3v) is 4.42. The van der Waals surface area contributed by atoms with Gasteiger partial charge in [-0.25, -0.2) is 14.4 Å². The number of hydrogen-bond acceptors (Lipinski definition) is 3. The van der Waals surface area contributed by atoms with Gasteiger partial charge in [0.25, 0.3) is 0 Å². The number of halogens is 2.